The quantitative estimate of drug-likeness (QED) is 0.765. The molecular weight excluding hydrogens is 328 g/mol. The molecule has 1 aromatic carbocycles. The molecule has 6 heteroatoms. The van der Waals surface area contributed by atoms with E-state index >= 15 is 0 Å². The molecule has 1 heterocycles. The third kappa shape index (κ3) is 5.80. The Kier molecular flexibility index (Phi) is 8.79. The first-order chi connectivity index (χ1) is 11.1. The van der Waals surface area contributed by atoms with E-state index in [0.29, 0.717) is 18.2 Å². The average molecular weight is 355 g/mol. The highest BCUT2D eigenvalue weighted by molar-refractivity contribution is 5.98. The van der Waals surface area contributed by atoms with E-state index in [4.69, 9.17) is 4.74 Å². The Hall–Kier alpha value is -1.59. The predicted molar refractivity (Wildman–Crippen MR) is 97.1 cm³/mol. The number of piperidine rings is 1. The first-order valence-corrected chi connectivity index (χ1v) is 8.35. The zero-order chi connectivity index (χ0) is 16.7. The molecule has 0 aromatic heterocycles. The predicted octanol–water partition coefficient (Wildman–Crippen LogP) is 2.68. The van der Waals surface area contributed by atoms with E-state index in [1.54, 1.807) is 24.3 Å². The highest BCUT2D eigenvalue weighted by Crippen LogP contribution is 2.15. The molecule has 5 nitrogen and oxygen atoms in total. The molecule has 1 unspecified atom stereocenters. The van der Waals surface area contributed by atoms with Crippen LogP contribution in [0.1, 0.15) is 43.0 Å². The lowest BCUT2D eigenvalue weighted by molar-refractivity contribution is -0.132. The lowest BCUT2D eigenvalue weighted by Crippen LogP contribution is -2.47. The largest absolute Gasteiger partial charge is 0.494 e. The van der Waals surface area contributed by atoms with Crippen LogP contribution in [-0.2, 0) is 4.79 Å². The fourth-order valence-corrected chi connectivity index (χ4v) is 2.87. The van der Waals surface area contributed by atoms with Gasteiger partial charge in [-0.3, -0.25) is 9.59 Å². The van der Waals surface area contributed by atoms with Gasteiger partial charge in [0.15, 0.2) is 5.78 Å². The number of benzene rings is 1. The van der Waals surface area contributed by atoms with E-state index in [1.807, 2.05) is 18.9 Å². The van der Waals surface area contributed by atoms with Crippen LogP contribution in [0.2, 0.25) is 0 Å². The summed E-state index contributed by atoms with van der Waals surface area (Å²) in [7, 11) is 1.92. The van der Waals surface area contributed by atoms with Crippen molar-refractivity contribution >= 4 is 24.1 Å². The summed E-state index contributed by atoms with van der Waals surface area (Å²) >= 11 is 0. The second kappa shape index (κ2) is 10.3. The first-order valence-electron chi connectivity index (χ1n) is 8.35. The van der Waals surface area contributed by atoms with Gasteiger partial charge in [0.25, 0.3) is 0 Å². The molecule has 0 bridgehead atoms. The minimum absolute atomic E-state index is 0. The van der Waals surface area contributed by atoms with Gasteiger partial charge in [-0.15, -0.1) is 12.4 Å². The van der Waals surface area contributed by atoms with Gasteiger partial charge in [-0.25, -0.2) is 0 Å². The number of hydrogen-bond acceptors (Lipinski definition) is 4. The number of Topliss-reactive ketones (excluding diaryl/α,β-unsaturated/α-hetero) is 1. The van der Waals surface area contributed by atoms with Gasteiger partial charge in [-0.2, -0.15) is 0 Å². The molecule has 24 heavy (non-hydrogen) atoms. The van der Waals surface area contributed by atoms with Crippen molar-refractivity contribution in [1.29, 1.82) is 0 Å². The molecule has 0 saturated carbocycles. The minimum Gasteiger partial charge on any atom is -0.494 e. The van der Waals surface area contributed by atoms with E-state index in [1.165, 1.54) is 0 Å². The number of nitrogens with zero attached hydrogens (tertiary/aromatic N) is 1. The standard InChI is InChI=1S/C18H26N2O3.ClH/c1-3-23-16-8-6-14(7-9-16)17(21)10-11-18(22)20-12-4-5-15(13-20)19-2;/h6-9,15,19H,3-5,10-13H2,1-2H3;1H. The SMILES string of the molecule is CCOc1ccc(C(=O)CCC(=O)N2CCCC(NC)C2)cc1.Cl. The Balaban J connectivity index is 0.00000288. The van der Waals surface area contributed by atoms with Crippen molar-refractivity contribution in [3.63, 3.8) is 0 Å². The van der Waals surface area contributed by atoms with Crippen molar-refractivity contribution in [2.24, 2.45) is 0 Å². The molecular formula is C18H27ClN2O3. The summed E-state index contributed by atoms with van der Waals surface area (Å²) in [6.45, 7) is 4.07. The Morgan fingerprint density at radius 2 is 1.96 bits per heavy atom. The Morgan fingerprint density at radius 1 is 1.25 bits per heavy atom. The Labute approximate surface area is 150 Å². The number of nitrogens with one attached hydrogen (secondary N) is 1. The van der Waals surface area contributed by atoms with Crippen molar-refractivity contribution < 1.29 is 14.3 Å². The molecule has 1 fully saturated rings. The zero-order valence-electron chi connectivity index (χ0n) is 14.4. The summed E-state index contributed by atoms with van der Waals surface area (Å²) in [6, 6.07) is 7.47. The molecule has 1 aliphatic rings. The first kappa shape index (κ1) is 20.5. The average Bonchev–Trinajstić information content (AvgIpc) is 2.60. The lowest BCUT2D eigenvalue weighted by Gasteiger charge is -2.32. The third-order valence-electron chi connectivity index (χ3n) is 4.24. The molecule has 1 aromatic rings. The smallest absolute Gasteiger partial charge is 0.223 e. The summed E-state index contributed by atoms with van der Waals surface area (Å²) in [6.07, 6.45) is 2.66. The number of likely N-dealkylation sites (tertiary alicyclic amines) is 1. The number of carbonyl (C=O) groups excluding carboxylic acids is 2. The fraction of sp³-hybridized carbons (Fsp3) is 0.556. The van der Waals surface area contributed by atoms with E-state index in [-0.39, 0.29) is 36.9 Å². The highest BCUT2D eigenvalue weighted by Gasteiger charge is 2.22. The van der Waals surface area contributed by atoms with Crippen LogP contribution in [0.3, 0.4) is 0 Å². The van der Waals surface area contributed by atoms with Crippen LogP contribution in [-0.4, -0.2) is 49.4 Å². The molecule has 1 saturated heterocycles. The van der Waals surface area contributed by atoms with Gasteiger partial charge < -0.3 is 15.0 Å². The van der Waals surface area contributed by atoms with Crippen LogP contribution >= 0.6 is 12.4 Å². The van der Waals surface area contributed by atoms with Gasteiger partial charge in [-0.05, 0) is 51.1 Å². The number of hydrogen-bond donors (Lipinski definition) is 1. The second-order valence-electron chi connectivity index (χ2n) is 5.85. The molecule has 2 rings (SSSR count). The summed E-state index contributed by atoms with van der Waals surface area (Å²) in [5, 5.41) is 3.22. The van der Waals surface area contributed by atoms with E-state index in [0.717, 1.165) is 31.7 Å². The molecule has 1 atom stereocenters. The van der Waals surface area contributed by atoms with Gasteiger partial charge in [0.1, 0.15) is 5.75 Å². The molecule has 0 spiro atoms. The van der Waals surface area contributed by atoms with E-state index in [9.17, 15) is 9.59 Å². The summed E-state index contributed by atoms with van der Waals surface area (Å²) in [4.78, 5) is 26.3. The van der Waals surface area contributed by atoms with Crippen LogP contribution in [0, 0.1) is 0 Å². The fourth-order valence-electron chi connectivity index (χ4n) is 2.87. The molecule has 1 N–H and O–H groups in total. The Morgan fingerprint density at radius 3 is 2.58 bits per heavy atom. The van der Waals surface area contributed by atoms with Gasteiger partial charge in [0, 0.05) is 37.5 Å². The number of amides is 1. The number of likely N-dealkylation sites (N-methyl/N-ethyl adjacent to an activating group) is 1. The summed E-state index contributed by atoms with van der Waals surface area (Å²) in [5.74, 6) is 0.833. The number of halogens is 1. The van der Waals surface area contributed by atoms with Crippen molar-refractivity contribution in [2.45, 2.75) is 38.6 Å². The van der Waals surface area contributed by atoms with Gasteiger partial charge in [0.2, 0.25) is 5.91 Å². The molecule has 1 aliphatic heterocycles. The van der Waals surface area contributed by atoms with Gasteiger partial charge in [-0.1, -0.05) is 0 Å². The molecule has 1 amide bonds. The molecule has 0 aliphatic carbocycles. The van der Waals surface area contributed by atoms with Gasteiger partial charge in [0.05, 0.1) is 6.61 Å². The maximum Gasteiger partial charge on any atom is 0.223 e. The van der Waals surface area contributed by atoms with Crippen molar-refractivity contribution in [1.82, 2.24) is 10.2 Å². The van der Waals surface area contributed by atoms with Crippen molar-refractivity contribution in [3.8, 4) is 5.75 Å². The topological polar surface area (TPSA) is 58.6 Å². The maximum atomic E-state index is 12.3. The highest BCUT2D eigenvalue weighted by atomic mass is 35.5. The van der Waals surface area contributed by atoms with Crippen LogP contribution in [0.4, 0.5) is 0 Å². The molecule has 0 radical (unpaired) electrons. The van der Waals surface area contributed by atoms with Crippen molar-refractivity contribution in [2.75, 3.05) is 26.7 Å². The van der Waals surface area contributed by atoms with E-state index in [2.05, 4.69) is 5.32 Å². The number of rotatable bonds is 7. The van der Waals surface area contributed by atoms with Crippen LogP contribution in [0.15, 0.2) is 24.3 Å². The van der Waals surface area contributed by atoms with Crippen LogP contribution < -0.4 is 10.1 Å². The monoisotopic (exact) mass is 354 g/mol. The maximum absolute atomic E-state index is 12.3. The minimum atomic E-state index is 0. The van der Waals surface area contributed by atoms with Gasteiger partial charge >= 0.3 is 0 Å². The van der Waals surface area contributed by atoms with E-state index < -0.39 is 0 Å². The summed E-state index contributed by atoms with van der Waals surface area (Å²) in [5.41, 5.74) is 0.632. The second-order valence-corrected chi connectivity index (χ2v) is 5.85. The number of ketones is 1. The normalized spacial score (nSPS) is 17.1. The zero-order valence-corrected chi connectivity index (χ0v) is 15.2. The summed E-state index contributed by atoms with van der Waals surface area (Å²) < 4.78 is 5.36. The molecule has 134 valence electrons. The van der Waals surface area contributed by atoms with Crippen molar-refractivity contribution in [3.05, 3.63) is 29.8 Å². The van der Waals surface area contributed by atoms with Crippen LogP contribution in [0.25, 0.3) is 0 Å². The number of carbonyl (C=O) groups is 2. The number of ether oxygens (including phenoxy) is 1. The third-order valence-corrected chi connectivity index (χ3v) is 4.24. The Bertz CT molecular complexity index is 534. The lowest BCUT2D eigenvalue weighted by atomic mass is 10.0. The van der Waals surface area contributed by atoms with Crippen LogP contribution in [0.5, 0.6) is 5.75 Å².